The van der Waals surface area contributed by atoms with Gasteiger partial charge in [-0.25, -0.2) is 23.5 Å². The fraction of sp³-hybridized carbons (Fsp3) is 0.0833. The van der Waals surface area contributed by atoms with Crippen LogP contribution in [0.3, 0.4) is 0 Å². The molecule has 0 fully saturated rings. The van der Waals surface area contributed by atoms with Crippen LogP contribution in [-0.4, -0.2) is 21.0 Å². The molecule has 92 valence electrons. The van der Waals surface area contributed by atoms with Crippen LogP contribution in [0.5, 0.6) is 0 Å². The van der Waals surface area contributed by atoms with Crippen molar-refractivity contribution in [1.29, 1.82) is 0 Å². The maximum absolute atomic E-state index is 13.4. The van der Waals surface area contributed by atoms with Gasteiger partial charge in [0.25, 0.3) is 0 Å². The first-order valence-electron chi connectivity index (χ1n) is 5.04. The molecule has 6 heteroatoms. The monoisotopic (exact) mass is 250 g/mol. The topological polar surface area (TPSA) is 63.1 Å². The highest BCUT2D eigenvalue weighted by Crippen LogP contribution is 2.12. The van der Waals surface area contributed by atoms with Crippen molar-refractivity contribution in [3.05, 3.63) is 59.2 Å². The van der Waals surface area contributed by atoms with Crippen LogP contribution in [-0.2, 0) is 6.42 Å². The van der Waals surface area contributed by atoms with E-state index in [4.69, 9.17) is 5.11 Å². The number of rotatable bonds is 3. The zero-order chi connectivity index (χ0) is 13.1. The molecular weight excluding hydrogens is 242 g/mol. The third kappa shape index (κ3) is 2.65. The van der Waals surface area contributed by atoms with Gasteiger partial charge in [0.15, 0.2) is 0 Å². The summed E-state index contributed by atoms with van der Waals surface area (Å²) in [5.74, 6) is -2.20. The largest absolute Gasteiger partial charge is 0.478 e. The lowest BCUT2D eigenvalue weighted by Crippen LogP contribution is -2.03. The molecule has 0 bridgehead atoms. The van der Waals surface area contributed by atoms with Crippen LogP contribution in [0.1, 0.15) is 21.7 Å². The molecule has 0 spiro atoms. The molecule has 2 rings (SSSR count). The quantitative estimate of drug-likeness (QED) is 0.905. The van der Waals surface area contributed by atoms with Crippen LogP contribution in [0.25, 0.3) is 0 Å². The highest BCUT2D eigenvalue weighted by molar-refractivity contribution is 5.86. The van der Waals surface area contributed by atoms with E-state index in [0.29, 0.717) is 0 Å². The van der Waals surface area contributed by atoms with Crippen LogP contribution < -0.4 is 0 Å². The van der Waals surface area contributed by atoms with E-state index >= 15 is 0 Å². The Morgan fingerprint density at radius 3 is 2.44 bits per heavy atom. The number of hydrogen-bond acceptors (Lipinski definition) is 3. The smallest absolute Gasteiger partial charge is 0.338 e. The van der Waals surface area contributed by atoms with Crippen molar-refractivity contribution < 1.29 is 18.7 Å². The van der Waals surface area contributed by atoms with E-state index in [2.05, 4.69) is 9.97 Å². The molecule has 0 amide bonds. The van der Waals surface area contributed by atoms with E-state index in [1.54, 1.807) is 0 Å². The number of carboxylic acid groups (broad SMARTS) is 1. The SMILES string of the molecule is O=C(O)c1cnc(Cc2ccc(F)cc2F)nc1. The number of nitrogens with zero attached hydrogens (tertiary/aromatic N) is 2. The van der Waals surface area contributed by atoms with Gasteiger partial charge in [0.05, 0.1) is 5.56 Å². The molecule has 18 heavy (non-hydrogen) atoms. The Balaban J connectivity index is 2.21. The minimum absolute atomic E-state index is 0.0432. The first-order valence-corrected chi connectivity index (χ1v) is 5.04. The van der Waals surface area contributed by atoms with Gasteiger partial charge in [0.2, 0.25) is 0 Å². The molecule has 0 saturated carbocycles. The van der Waals surface area contributed by atoms with E-state index in [1.165, 1.54) is 6.07 Å². The number of carbonyl (C=O) groups is 1. The van der Waals surface area contributed by atoms with Crippen molar-refractivity contribution in [3.8, 4) is 0 Å². The lowest BCUT2D eigenvalue weighted by atomic mass is 10.1. The van der Waals surface area contributed by atoms with Crippen molar-refractivity contribution in [2.75, 3.05) is 0 Å². The number of aromatic carboxylic acids is 1. The highest BCUT2D eigenvalue weighted by atomic mass is 19.1. The van der Waals surface area contributed by atoms with Gasteiger partial charge >= 0.3 is 5.97 Å². The van der Waals surface area contributed by atoms with Gasteiger partial charge in [0.1, 0.15) is 17.5 Å². The Morgan fingerprint density at radius 1 is 1.22 bits per heavy atom. The van der Waals surface area contributed by atoms with Crippen LogP contribution in [0.2, 0.25) is 0 Å². The molecule has 1 N–H and O–H groups in total. The zero-order valence-corrected chi connectivity index (χ0v) is 9.10. The summed E-state index contributed by atoms with van der Waals surface area (Å²) in [6, 6.07) is 3.23. The van der Waals surface area contributed by atoms with E-state index in [9.17, 15) is 13.6 Å². The summed E-state index contributed by atoms with van der Waals surface area (Å²) < 4.78 is 26.0. The Labute approximate surface area is 101 Å². The minimum atomic E-state index is -1.13. The summed E-state index contributed by atoms with van der Waals surface area (Å²) in [5, 5.41) is 8.66. The van der Waals surface area contributed by atoms with Gasteiger partial charge in [-0.15, -0.1) is 0 Å². The maximum Gasteiger partial charge on any atom is 0.338 e. The summed E-state index contributed by atoms with van der Waals surface area (Å²) >= 11 is 0. The van der Waals surface area contributed by atoms with E-state index in [1.807, 2.05) is 0 Å². The van der Waals surface area contributed by atoms with Gasteiger partial charge in [-0.2, -0.15) is 0 Å². The molecule has 0 radical (unpaired) electrons. The number of benzene rings is 1. The molecule has 1 aromatic heterocycles. The molecule has 0 saturated heterocycles. The molecule has 4 nitrogen and oxygen atoms in total. The van der Waals surface area contributed by atoms with Crippen LogP contribution in [0, 0.1) is 11.6 Å². The summed E-state index contributed by atoms with van der Waals surface area (Å²) in [6.45, 7) is 0. The lowest BCUT2D eigenvalue weighted by molar-refractivity contribution is 0.0696. The Hall–Kier alpha value is -2.37. The molecule has 0 unspecified atom stereocenters. The van der Waals surface area contributed by atoms with Crippen molar-refractivity contribution in [3.63, 3.8) is 0 Å². The van der Waals surface area contributed by atoms with Gasteiger partial charge in [0, 0.05) is 24.9 Å². The number of halogens is 2. The predicted molar refractivity (Wildman–Crippen MR) is 58.2 cm³/mol. The lowest BCUT2D eigenvalue weighted by Gasteiger charge is -2.02. The van der Waals surface area contributed by atoms with Crippen molar-refractivity contribution in [2.24, 2.45) is 0 Å². The Morgan fingerprint density at radius 2 is 1.89 bits per heavy atom. The van der Waals surface area contributed by atoms with Crippen LogP contribution in [0.4, 0.5) is 8.78 Å². The molecule has 1 heterocycles. The minimum Gasteiger partial charge on any atom is -0.478 e. The standard InChI is InChI=1S/C12H8F2N2O2/c13-9-2-1-7(10(14)4-9)3-11-15-5-8(6-16-11)12(17)18/h1-2,4-6H,3H2,(H,17,18). The molecule has 0 aliphatic rings. The van der Waals surface area contributed by atoms with Gasteiger partial charge in [-0.05, 0) is 11.6 Å². The number of carboxylic acids is 1. The summed E-state index contributed by atoms with van der Waals surface area (Å²) in [7, 11) is 0. The second-order valence-electron chi connectivity index (χ2n) is 3.61. The number of aromatic nitrogens is 2. The third-order valence-electron chi connectivity index (χ3n) is 2.32. The normalized spacial score (nSPS) is 10.3. The van der Waals surface area contributed by atoms with Crippen LogP contribution in [0.15, 0.2) is 30.6 Å². The molecule has 2 aromatic rings. The summed E-state index contributed by atoms with van der Waals surface area (Å²) in [4.78, 5) is 18.2. The molecule has 0 aliphatic carbocycles. The van der Waals surface area contributed by atoms with E-state index < -0.39 is 17.6 Å². The van der Waals surface area contributed by atoms with E-state index in [-0.39, 0.29) is 23.4 Å². The Kier molecular flexibility index (Phi) is 3.27. The second-order valence-corrected chi connectivity index (χ2v) is 3.61. The first-order chi connectivity index (χ1) is 8.56. The fourth-order valence-electron chi connectivity index (χ4n) is 1.39. The second kappa shape index (κ2) is 4.87. The molecule has 1 aromatic carbocycles. The number of hydrogen-bond donors (Lipinski definition) is 1. The van der Waals surface area contributed by atoms with Gasteiger partial charge in [-0.3, -0.25) is 0 Å². The summed E-state index contributed by atoms with van der Waals surface area (Å²) in [5.41, 5.74) is 0.206. The average molecular weight is 250 g/mol. The zero-order valence-electron chi connectivity index (χ0n) is 9.10. The molecule has 0 aliphatic heterocycles. The maximum atomic E-state index is 13.4. The predicted octanol–water partition coefficient (Wildman–Crippen LogP) is 2.04. The van der Waals surface area contributed by atoms with E-state index in [0.717, 1.165) is 24.5 Å². The average Bonchev–Trinajstić information content (AvgIpc) is 2.33. The molecular formula is C12H8F2N2O2. The van der Waals surface area contributed by atoms with Crippen molar-refractivity contribution >= 4 is 5.97 Å². The first kappa shape index (κ1) is 12.1. The summed E-state index contributed by atoms with van der Waals surface area (Å²) in [6.07, 6.45) is 2.37. The van der Waals surface area contributed by atoms with Gasteiger partial charge < -0.3 is 5.11 Å². The third-order valence-corrected chi connectivity index (χ3v) is 2.32. The Bertz CT molecular complexity index is 585. The van der Waals surface area contributed by atoms with Crippen molar-refractivity contribution in [1.82, 2.24) is 9.97 Å². The van der Waals surface area contributed by atoms with Crippen molar-refractivity contribution in [2.45, 2.75) is 6.42 Å². The fourth-order valence-corrected chi connectivity index (χ4v) is 1.39. The highest BCUT2D eigenvalue weighted by Gasteiger charge is 2.08. The van der Waals surface area contributed by atoms with Gasteiger partial charge in [-0.1, -0.05) is 6.07 Å². The molecule has 0 atom stereocenters. The van der Waals surface area contributed by atoms with Crippen LogP contribution >= 0.6 is 0 Å².